The molecule has 0 atom stereocenters. The van der Waals surface area contributed by atoms with E-state index in [0.29, 0.717) is 22.4 Å². The minimum atomic E-state index is -0.726. The first kappa shape index (κ1) is 18.4. The van der Waals surface area contributed by atoms with Crippen molar-refractivity contribution in [3.8, 4) is 0 Å². The van der Waals surface area contributed by atoms with E-state index in [2.05, 4.69) is 4.98 Å². The molecule has 0 aliphatic heterocycles. The maximum Gasteiger partial charge on any atom is 0.355 e. The monoisotopic (exact) mass is 369 g/mol. The molecule has 0 radical (unpaired) electrons. The van der Waals surface area contributed by atoms with Gasteiger partial charge in [-0.3, -0.25) is 4.79 Å². The Morgan fingerprint density at radius 3 is 2.52 bits per heavy atom. The van der Waals surface area contributed by atoms with Gasteiger partial charge < -0.3 is 18.9 Å². The number of aryl methyl sites for hydroxylation is 1. The van der Waals surface area contributed by atoms with Crippen molar-refractivity contribution >= 4 is 28.7 Å². The predicted molar refractivity (Wildman–Crippen MR) is 97.1 cm³/mol. The van der Waals surface area contributed by atoms with Crippen LogP contribution in [0, 0.1) is 13.8 Å². The molecule has 3 rings (SSSR count). The summed E-state index contributed by atoms with van der Waals surface area (Å²) < 4.78 is 15.6. The highest BCUT2D eigenvalue weighted by atomic mass is 16.5. The van der Waals surface area contributed by atoms with E-state index in [-0.39, 0.29) is 18.1 Å². The van der Waals surface area contributed by atoms with Gasteiger partial charge in [0.2, 0.25) is 5.78 Å². The minimum absolute atomic E-state index is 0.118. The molecular formula is C20H19NO6. The van der Waals surface area contributed by atoms with Crippen LogP contribution in [0.1, 0.15) is 49.6 Å². The number of H-pyrrole nitrogens is 1. The lowest BCUT2D eigenvalue weighted by Crippen LogP contribution is -2.15. The van der Waals surface area contributed by atoms with E-state index in [1.54, 1.807) is 39.0 Å². The van der Waals surface area contributed by atoms with Gasteiger partial charge in [-0.2, -0.15) is 0 Å². The highest BCUT2D eigenvalue weighted by Crippen LogP contribution is 2.21. The predicted octanol–water partition coefficient (Wildman–Crippen LogP) is 3.59. The number of Topliss-reactive ketones (excluding diaryl/α,β-unsaturated/α-hetero) is 1. The lowest BCUT2D eigenvalue weighted by Gasteiger charge is -2.04. The second-order valence-electron chi connectivity index (χ2n) is 5.99. The van der Waals surface area contributed by atoms with E-state index in [0.717, 1.165) is 5.39 Å². The van der Waals surface area contributed by atoms with Gasteiger partial charge in [0, 0.05) is 11.1 Å². The second kappa shape index (κ2) is 7.49. The van der Waals surface area contributed by atoms with E-state index in [1.165, 1.54) is 0 Å². The van der Waals surface area contributed by atoms with Crippen molar-refractivity contribution in [1.82, 2.24) is 4.98 Å². The molecule has 1 aromatic carbocycles. The van der Waals surface area contributed by atoms with Crippen LogP contribution in [-0.4, -0.2) is 35.9 Å². The van der Waals surface area contributed by atoms with E-state index < -0.39 is 24.3 Å². The molecule has 0 aliphatic rings. The molecule has 27 heavy (non-hydrogen) atoms. The molecule has 7 nitrogen and oxygen atoms in total. The largest absolute Gasteiger partial charge is 0.462 e. The van der Waals surface area contributed by atoms with Crippen molar-refractivity contribution in [3.05, 3.63) is 58.6 Å². The van der Waals surface area contributed by atoms with Gasteiger partial charge in [0.05, 0.1) is 12.2 Å². The Bertz CT molecular complexity index is 993. The molecule has 7 heteroatoms. The number of fused-ring (bicyclic) bond motifs is 1. The fourth-order valence-electron chi connectivity index (χ4n) is 2.86. The zero-order chi connectivity index (χ0) is 19.6. The Morgan fingerprint density at radius 1 is 1.07 bits per heavy atom. The summed E-state index contributed by atoms with van der Waals surface area (Å²) in [4.78, 5) is 39.4. The third-order valence-electron chi connectivity index (χ3n) is 4.16. The summed E-state index contributed by atoms with van der Waals surface area (Å²) in [7, 11) is 0. The number of benzene rings is 1. The maximum atomic E-state index is 12.3. The van der Waals surface area contributed by atoms with Crippen LogP contribution >= 0.6 is 0 Å². The Labute approximate surface area is 155 Å². The van der Waals surface area contributed by atoms with Gasteiger partial charge in [0.15, 0.2) is 12.4 Å². The fourth-order valence-corrected chi connectivity index (χ4v) is 2.86. The van der Waals surface area contributed by atoms with Crippen molar-refractivity contribution in [2.75, 3.05) is 13.2 Å². The van der Waals surface area contributed by atoms with Crippen molar-refractivity contribution in [3.63, 3.8) is 0 Å². The van der Waals surface area contributed by atoms with Crippen molar-refractivity contribution in [2.45, 2.75) is 20.8 Å². The Kier molecular flexibility index (Phi) is 5.12. The molecular weight excluding hydrogens is 350 g/mol. The van der Waals surface area contributed by atoms with Gasteiger partial charge in [0.1, 0.15) is 11.3 Å². The summed E-state index contributed by atoms with van der Waals surface area (Å²) in [5.41, 5.74) is 1.93. The molecule has 0 bridgehead atoms. The smallest absolute Gasteiger partial charge is 0.355 e. The number of carbonyl (C=O) groups excluding carboxylic acids is 3. The lowest BCUT2D eigenvalue weighted by atomic mass is 10.1. The summed E-state index contributed by atoms with van der Waals surface area (Å²) in [6.07, 6.45) is 0. The van der Waals surface area contributed by atoms with Crippen molar-refractivity contribution in [2.24, 2.45) is 0 Å². The van der Waals surface area contributed by atoms with E-state index in [1.807, 2.05) is 12.1 Å². The number of ketones is 1. The molecule has 2 heterocycles. The number of nitrogens with one attached hydrogen (secondary N) is 1. The first-order chi connectivity index (χ1) is 12.9. The Hall–Kier alpha value is -3.35. The van der Waals surface area contributed by atoms with E-state index >= 15 is 0 Å². The number of hydrogen-bond donors (Lipinski definition) is 1. The van der Waals surface area contributed by atoms with Crippen LogP contribution in [-0.2, 0) is 9.47 Å². The zero-order valence-corrected chi connectivity index (χ0v) is 15.3. The van der Waals surface area contributed by atoms with E-state index in [9.17, 15) is 14.4 Å². The number of esters is 2. The summed E-state index contributed by atoms with van der Waals surface area (Å²) in [5.74, 6) is -1.57. The number of aromatic amines is 1. The van der Waals surface area contributed by atoms with Crippen LogP contribution in [0.5, 0.6) is 0 Å². The number of aromatic nitrogens is 1. The van der Waals surface area contributed by atoms with Gasteiger partial charge in [-0.05, 0) is 38.5 Å². The number of para-hydroxylation sites is 1. The van der Waals surface area contributed by atoms with Gasteiger partial charge in [-0.25, -0.2) is 9.59 Å². The number of furan rings is 1. The molecule has 1 N–H and O–H groups in total. The molecule has 0 fully saturated rings. The molecule has 3 aromatic rings. The van der Waals surface area contributed by atoms with Gasteiger partial charge in [-0.15, -0.1) is 0 Å². The molecule has 2 aromatic heterocycles. The topological polar surface area (TPSA) is 98.6 Å². The van der Waals surface area contributed by atoms with Crippen LogP contribution in [0.3, 0.4) is 0 Å². The van der Waals surface area contributed by atoms with Crippen LogP contribution in [0.2, 0.25) is 0 Å². The summed E-state index contributed by atoms with van der Waals surface area (Å²) >= 11 is 0. The molecule has 0 saturated heterocycles. The van der Waals surface area contributed by atoms with Crippen molar-refractivity contribution in [1.29, 1.82) is 0 Å². The normalized spacial score (nSPS) is 10.8. The van der Waals surface area contributed by atoms with Crippen LogP contribution in [0.4, 0.5) is 0 Å². The quantitative estimate of drug-likeness (QED) is 0.527. The molecule has 0 saturated carbocycles. The fraction of sp³-hybridized carbons (Fsp3) is 0.250. The highest BCUT2D eigenvalue weighted by molar-refractivity contribution is 6.01. The Morgan fingerprint density at radius 2 is 1.81 bits per heavy atom. The number of hydrogen-bond acceptors (Lipinski definition) is 6. The maximum absolute atomic E-state index is 12.3. The number of ether oxygens (including phenoxy) is 2. The molecule has 0 aliphatic carbocycles. The lowest BCUT2D eigenvalue weighted by molar-refractivity contribution is 0.0462. The van der Waals surface area contributed by atoms with Gasteiger partial charge in [0.25, 0.3) is 0 Å². The molecule has 140 valence electrons. The van der Waals surface area contributed by atoms with Gasteiger partial charge in [-0.1, -0.05) is 18.2 Å². The van der Waals surface area contributed by atoms with Crippen LogP contribution < -0.4 is 0 Å². The molecule has 0 spiro atoms. The SMILES string of the molecule is CCOC(=O)c1c(C)[nH]c(C(=O)OCC(=O)c2cc3ccccc3o2)c1C. The average molecular weight is 369 g/mol. The zero-order valence-electron chi connectivity index (χ0n) is 15.3. The third-order valence-corrected chi connectivity index (χ3v) is 4.16. The standard InChI is InChI=1S/C20H19NO6/c1-4-25-19(23)17-11(2)18(21-12(17)3)20(24)26-10-14(22)16-9-13-7-5-6-8-15(13)27-16/h5-9,21H,4,10H2,1-3H3. The molecule has 0 amide bonds. The first-order valence-corrected chi connectivity index (χ1v) is 8.47. The minimum Gasteiger partial charge on any atom is -0.462 e. The summed E-state index contributed by atoms with van der Waals surface area (Å²) in [6, 6.07) is 8.82. The molecule has 0 unspecified atom stereocenters. The number of carbonyl (C=O) groups is 3. The van der Waals surface area contributed by atoms with Gasteiger partial charge >= 0.3 is 11.9 Å². The Balaban J connectivity index is 1.71. The second-order valence-corrected chi connectivity index (χ2v) is 5.99. The van der Waals surface area contributed by atoms with Crippen molar-refractivity contribution < 1.29 is 28.3 Å². The third kappa shape index (κ3) is 3.62. The first-order valence-electron chi connectivity index (χ1n) is 8.47. The highest BCUT2D eigenvalue weighted by Gasteiger charge is 2.24. The summed E-state index contributed by atoms with van der Waals surface area (Å²) in [5, 5.41) is 0.794. The number of rotatable bonds is 6. The van der Waals surface area contributed by atoms with Crippen LogP contribution in [0.15, 0.2) is 34.7 Å². The summed E-state index contributed by atoms with van der Waals surface area (Å²) in [6.45, 7) is 4.75. The average Bonchev–Trinajstić information content (AvgIpc) is 3.20. The van der Waals surface area contributed by atoms with E-state index in [4.69, 9.17) is 13.9 Å². The van der Waals surface area contributed by atoms with Crippen LogP contribution in [0.25, 0.3) is 11.0 Å².